The second kappa shape index (κ2) is 5.02. The highest BCUT2D eigenvalue weighted by Gasteiger charge is 2.35. The quantitative estimate of drug-likeness (QED) is 0.847. The van der Waals surface area contributed by atoms with Crippen molar-refractivity contribution >= 4 is 5.91 Å². The standard InChI is InChI=1S/C17H20N2O2/c1-12-14(16(20)19-10-9-17(2,3)11-19)15(18-21-12)13-7-5-4-6-8-13/h4-8H,9-11H2,1-3H3. The van der Waals surface area contributed by atoms with Crippen molar-refractivity contribution in [1.29, 1.82) is 0 Å². The van der Waals surface area contributed by atoms with Gasteiger partial charge in [-0.2, -0.15) is 0 Å². The largest absolute Gasteiger partial charge is 0.360 e. The van der Waals surface area contributed by atoms with Crippen LogP contribution in [0.5, 0.6) is 0 Å². The van der Waals surface area contributed by atoms with E-state index in [0.717, 1.165) is 25.1 Å². The summed E-state index contributed by atoms with van der Waals surface area (Å²) in [5.74, 6) is 0.613. The van der Waals surface area contributed by atoms with Gasteiger partial charge in [-0.05, 0) is 18.8 Å². The number of aryl methyl sites for hydroxylation is 1. The number of amides is 1. The van der Waals surface area contributed by atoms with Gasteiger partial charge >= 0.3 is 0 Å². The molecule has 1 fully saturated rings. The third kappa shape index (κ3) is 2.58. The molecule has 0 spiro atoms. The molecule has 0 saturated carbocycles. The van der Waals surface area contributed by atoms with Crippen LogP contribution in [0.3, 0.4) is 0 Å². The van der Waals surface area contributed by atoms with Crippen LogP contribution in [0.1, 0.15) is 36.4 Å². The van der Waals surface area contributed by atoms with Crippen LogP contribution in [-0.4, -0.2) is 29.1 Å². The van der Waals surface area contributed by atoms with Gasteiger partial charge in [0.2, 0.25) is 0 Å². The summed E-state index contributed by atoms with van der Waals surface area (Å²) in [4.78, 5) is 14.7. The van der Waals surface area contributed by atoms with E-state index in [9.17, 15) is 4.79 Å². The van der Waals surface area contributed by atoms with Crippen LogP contribution < -0.4 is 0 Å². The first-order valence-corrected chi connectivity index (χ1v) is 7.29. The molecule has 3 rings (SSSR count). The fourth-order valence-corrected chi connectivity index (χ4v) is 2.86. The predicted molar refractivity (Wildman–Crippen MR) is 81.0 cm³/mol. The maximum atomic E-state index is 12.8. The van der Waals surface area contributed by atoms with E-state index in [1.807, 2.05) is 35.2 Å². The highest BCUT2D eigenvalue weighted by atomic mass is 16.5. The van der Waals surface area contributed by atoms with Gasteiger partial charge < -0.3 is 9.42 Å². The van der Waals surface area contributed by atoms with Gasteiger partial charge in [0, 0.05) is 18.7 Å². The minimum Gasteiger partial charge on any atom is -0.360 e. The predicted octanol–water partition coefficient (Wildman–Crippen LogP) is 3.52. The summed E-state index contributed by atoms with van der Waals surface area (Å²) < 4.78 is 5.29. The van der Waals surface area contributed by atoms with Gasteiger partial charge in [-0.15, -0.1) is 0 Å². The molecular weight excluding hydrogens is 264 g/mol. The van der Waals surface area contributed by atoms with Gasteiger partial charge in [0.05, 0.1) is 0 Å². The van der Waals surface area contributed by atoms with Crippen molar-refractivity contribution in [2.75, 3.05) is 13.1 Å². The molecule has 1 aromatic heterocycles. The Kier molecular flexibility index (Phi) is 3.32. The molecular formula is C17H20N2O2. The number of nitrogens with zero attached hydrogens (tertiary/aromatic N) is 2. The SMILES string of the molecule is Cc1onc(-c2ccccc2)c1C(=O)N1CCC(C)(C)C1. The topological polar surface area (TPSA) is 46.3 Å². The Labute approximate surface area is 124 Å². The zero-order valence-electron chi connectivity index (χ0n) is 12.7. The lowest BCUT2D eigenvalue weighted by Crippen LogP contribution is -2.30. The molecule has 0 unspecified atom stereocenters. The van der Waals surface area contributed by atoms with E-state index in [0.29, 0.717) is 17.0 Å². The summed E-state index contributed by atoms with van der Waals surface area (Å²) in [7, 11) is 0. The number of rotatable bonds is 2. The first-order valence-electron chi connectivity index (χ1n) is 7.29. The molecule has 0 atom stereocenters. The Bertz CT molecular complexity index is 659. The van der Waals surface area contributed by atoms with Crippen LogP contribution in [0, 0.1) is 12.3 Å². The van der Waals surface area contributed by atoms with Crippen LogP contribution >= 0.6 is 0 Å². The van der Waals surface area contributed by atoms with Gasteiger partial charge in [0.1, 0.15) is 17.0 Å². The van der Waals surface area contributed by atoms with Crippen molar-refractivity contribution in [1.82, 2.24) is 10.1 Å². The minimum atomic E-state index is 0.0261. The van der Waals surface area contributed by atoms with Gasteiger partial charge in [-0.3, -0.25) is 4.79 Å². The third-order valence-corrected chi connectivity index (χ3v) is 4.09. The third-order valence-electron chi connectivity index (χ3n) is 4.09. The molecule has 1 aliphatic heterocycles. The molecule has 21 heavy (non-hydrogen) atoms. The van der Waals surface area contributed by atoms with Gasteiger partial charge in [-0.1, -0.05) is 49.3 Å². The minimum absolute atomic E-state index is 0.0261. The molecule has 1 aromatic carbocycles. The van der Waals surface area contributed by atoms with Gasteiger partial charge in [0.15, 0.2) is 0 Å². The molecule has 1 amide bonds. The number of likely N-dealkylation sites (tertiary alicyclic amines) is 1. The number of hydrogen-bond donors (Lipinski definition) is 0. The summed E-state index contributed by atoms with van der Waals surface area (Å²) in [5.41, 5.74) is 2.34. The molecule has 2 aromatic rings. The first-order chi connectivity index (χ1) is 9.98. The number of benzene rings is 1. The number of carbonyl (C=O) groups excluding carboxylic acids is 1. The normalized spacial score (nSPS) is 17.2. The van der Waals surface area contributed by atoms with Crippen LogP contribution in [-0.2, 0) is 0 Å². The zero-order valence-corrected chi connectivity index (χ0v) is 12.7. The van der Waals surface area contributed by atoms with Crippen molar-refractivity contribution in [3.8, 4) is 11.3 Å². The Morgan fingerprint density at radius 2 is 2.00 bits per heavy atom. The molecule has 0 bridgehead atoms. The Morgan fingerprint density at radius 1 is 1.29 bits per heavy atom. The Hall–Kier alpha value is -2.10. The average Bonchev–Trinajstić information content (AvgIpc) is 3.02. The van der Waals surface area contributed by atoms with Crippen molar-refractivity contribution in [2.24, 2.45) is 5.41 Å². The van der Waals surface area contributed by atoms with Crippen molar-refractivity contribution < 1.29 is 9.32 Å². The fourth-order valence-electron chi connectivity index (χ4n) is 2.86. The molecule has 0 radical (unpaired) electrons. The Morgan fingerprint density at radius 3 is 2.62 bits per heavy atom. The molecule has 2 heterocycles. The van der Waals surface area contributed by atoms with E-state index in [2.05, 4.69) is 19.0 Å². The number of carbonyl (C=O) groups is 1. The maximum Gasteiger partial charge on any atom is 0.259 e. The summed E-state index contributed by atoms with van der Waals surface area (Å²) >= 11 is 0. The first kappa shape index (κ1) is 13.9. The lowest BCUT2D eigenvalue weighted by Gasteiger charge is -2.19. The second-order valence-corrected chi connectivity index (χ2v) is 6.47. The highest BCUT2D eigenvalue weighted by molar-refractivity contribution is 6.00. The average molecular weight is 284 g/mol. The lowest BCUT2D eigenvalue weighted by atomic mass is 9.93. The molecule has 1 saturated heterocycles. The molecule has 4 heteroatoms. The van der Waals surface area contributed by atoms with Crippen molar-refractivity contribution in [2.45, 2.75) is 27.2 Å². The van der Waals surface area contributed by atoms with Gasteiger partial charge in [-0.25, -0.2) is 0 Å². The van der Waals surface area contributed by atoms with E-state index in [4.69, 9.17) is 4.52 Å². The van der Waals surface area contributed by atoms with Crippen molar-refractivity contribution in [3.63, 3.8) is 0 Å². The maximum absolute atomic E-state index is 12.8. The van der Waals surface area contributed by atoms with E-state index in [-0.39, 0.29) is 11.3 Å². The summed E-state index contributed by atoms with van der Waals surface area (Å²) in [6.07, 6.45) is 1.03. The fraction of sp³-hybridized carbons (Fsp3) is 0.412. The van der Waals surface area contributed by atoms with E-state index in [1.54, 1.807) is 6.92 Å². The molecule has 1 aliphatic rings. The number of hydrogen-bond acceptors (Lipinski definition) is 3. The second-order valence-electron chi connectivity index (χ2n) is 6.47. The van der Waals surface area contributed by atoms with E-state index < -0.39 is 0 Å². The van der Waals surface area contributed by atoms with Gasteiger partial charge in [0.25, 0.3) is 5.91 Å². The van der Waals surface area contributed by atoms with E-state index in [1.165, 1.54) is 0 Å². The lowest BCUT2D eigenvalue weighted by molar-refractivity contribution is 0.0777. The smallest absolute Gasteiger partial charge is 0.259 e. The monoisotopic (exact) mass is 284 g/mol. The van der Waals surface area contributed by atoms with Crippen LogP contribution in [0.4, 0.5) is 0 Å². The van der Waals surface area contributed by atoms with Crippen molar-refractivity contribution in [3.05, 3.63) is 41.7 Å². The summed E-state index contributed by atoms with van der Waals surface area (Å²) in [6, 6.07) is 9.71. The van der Waals surface area contributed by atoms with Crippen LogP contribution in [0.25, 0.3) is 11.3 Å². The summed E-state index contributed by atoms with van der Waals surface area (Å²) in [5, 5.41) is 4.09. The van der Waals surface area contributed by atoms with Crippen LogP contribution in [0.15, 0.2) is 34.9 Å². The molecule has 110 valence electrons. The molecule has 4 nitrogen and oxygen atoms in total. The van der Waals surface area contributed by atoms with Crippen LogP contribution in [0.2, 0.25) is 0 Å². The molecule has 0 N–H and O–H groups in total. The summed E-state index contributed by atoms with van der Waals surface area (Å²) in [6.45, 7) is 7.76. The zero-order chi connectivity index (χ0) is 15.0. The van der Waals surface area contributed by atoms with E-state index >= 15 is 0 Å². The molecule has 0 aliphatic carbocycles. The number of aromatic nitrogens is 1. The highest BCUT2D eigenvalue weighted by Crippen LogP contribution is 2.32. The Balaban J connectivity index is 1.96.